The topological polar surface area (TPSA) is 87.5 Å². The van der Waals surface area contributed by atoms with Crippen LogP contribution in [0.15, 0.2) is 18.2 Å². The number of piperidine rings is 1. The van der Waals surface area contributed by atoms with Gasteiger partial charge in [0.25, 0.3) is 0 Å². The molecule has 4 N–H and O–H groups in total. The van der Waals surface area contributed by atoms with Gasteiger partial charge in [-0.1, -0.05) is 6.07 Å². The van der Waals surface area contributed by atoms with Gasteiger partial charge in [0, 0.05) is 24.2 Å². The summed E-state index contributed by atoms with van der Waals surface area (Å²) in [6.07, 6.45) is 3.69. The van der Waals surface area contributed by atoms with Crippen molar-refractivity contribution in [1.29, 1.82) is 0 Å². The Morgan fingerprint density at radius 3 is 2.62 bits per heavy atom. The van der Waals surface area contributed by atoms with Gasteiger partial charge in [-0.15, -0.1) is 0 Å². The molecule has 1 aliphatic rings. The van der Waals surface area contributed by atoms with E-state index in [1.807, 2.05) is 25.1 Å². The smallest absolute Gasteiger partial charge is 0.248 e. The summed E-state index contributed by atoms with van der Waals surface area (Å²) in [6.45, 7) is 2.77. The van der Waals surface area contributed by atoms with E-state index in [0.717, 1.165) is 37.9 Å². The van der Waals surface area contributed by atoms with Gasteiger partial charge < -0.3 is 21.3 Å². The Morgan fingerprint density at radius 2 is 2.00 bits per heavy atom. The molecule has 0 unspecified atom stereocenters. The normalized spacial score (nSPS) is 15.5. The number of nitrogens with two attached hydrogens (primary N) is 1. The Hall–Kier alpha value is -1.92. The van der Waals surface area contributed by atoms with Crippen LogP contribution >= 0.6 is 0 Å². The highest BCUT2D eigenvalue weighted by molar-refractivity contribution is 5.97. The van der Waals surface area contributed by atoms with Gasteiger partial charge in [0.1, 0.15) is 0 Å². The van der Waals surface area contributed by atoms with Crippen LogP contribution in [0.25, 0.3) is 0 Å². The first-order valence-electron chi connectivity index (χ1n) is 8.53. The molecule has 1 aromatic rings. The highest BCUT2D eigenvalue weighted by Crippen LogP contribution is 2.21. The van der Waals surface area contributed by atoms with Gasteiger partial charge >= 0.3 is 0 Å². The SMILES string of the molecule is CN(C)Cc1ccc(C(N)=O)cc1NC(=O)CCC1CCNCC1. The first kappa shape index (κ1) is 18.4. The fourth-order valence-corrected chi connectivity index (χ4v) is 3.04. The number of benzene rings is 1. The Bertz CT molecular complexity index is 580. The number of hydrogen-bond acceptors (Lipinski definition) is 4. The first-order chi connectivity index (χ1) is 11.5. The van der Waals surface area contributed by atoms with Crippen LogP contribution in [0.4, 0.5) is 5.69 Å². The van der Waals surface area contributed by atoms with Gasteiger partial charge in [-0.05, 0) is 70.1 Å². The Kier molecular flexibility index (Phi) is 6.75. The molecule has 1 saturated heterocycles. The Balaban J connectivity index is 2.00. The molecule has 0 aromatic heterocycles. The van der Waals surface area contributed by atoms with E-state index in [1.165, 1.54) is 0 Å². The van der Waals surface area contributed by atoms with Crippen LogP contribution in [-0.2, 0) is 11.3 Å². The quantitative estimate of drug-likeness (QED) is 0.707. The second-order valence-electron chi connectivity index (χ2n) is 6.75. The molecule has 0 radical (unpaired) electrons. The molecule has 6 nitrogen and oxygen atoms in total. The second kappa shape index (κ2) is 8.80. The van der Waals surface area contributed by atoms with Crippen LogP contribution in [0.1, 0.15) is 41.6 Å². The minimum absolute atomic E-state index is 0.00448. The van der Waals surface area contributed by atoms with Gasteiger partial charge in [-0.3, -0.25) is 9.59 Å². The predicted octanol–water partition coefficient (Wildman–Crippen LogP) is 1.57. The highest BCUT2D eigenvalue weighted by Gasteiger charge is 2.16. The fourth-order valence-electron chi connectivity index (χ4n) is 3.04. The van der Waals surface area contributed by atoms with Crippen LogP contribution in [-0.4, -0.2) is 43.9 Å². The van der Waals surface area contributed by atoms with Crippen LogP contribution in [0.5, 0.6) is 0 Å². The summed E-state index contributed by atoms with van der Waals surface area (Å²) in [7, 11) is 3.93. The van der Waals surface area contributed by atoms with E-state index in [1.54, 1.807) is 12.1 Å². The molecule has 0 spiro atoms. The zero-order valence-electron chi connectivity index (χ0n) is 14.6. The predicted molar refractivity (Wildman–Crippen MR) is 95.8 cm³/mol. The third kappa shape index (κ3) is 5.62. The van der Waals surface area contributed by atoms with E-state index in [9.17, 15) is 9.59 Å². The first-order valence-corrected chi connectivity index (χ1v) is 8.53. The molecule has 0 saturated carbocycles. The van der Waals surface area contributed by atoms with E-state index in [-0.39, 0.29) is 5.91 Å². The number of primary amides is 1. The van der Waals surface area contributed by atoms with E-state index in [0.29, 0.717) is 30.1 Å². The maximum atomic E-state index is 12.3. The third-order valence-electron chi connectivity index (χ3n) is 4.39. The molecule has 2 amide bonds. The molecule has 1 aliphatic heterocycles. The molecule has 1 heterocycles. The maximum Gasteiger partial charge on any atom is 0.248 e. The fraction of sp³-hybridized carbons (Fsp3) is 0.556. The Morgan fingerprint density at radius 1 is 1.29 bits per heavy atom. The molecular formula is C18H28N4O2. The summed E-state index contributed by atoms with van der Waals surface area (Å²) in [4.78, 5) is 25.7. The molecule has 0 bridgehead atoms. The number of carbonyl (C=O) groups excluding carboxylic acids is 2. The van der Waals surface area contributed by atoms with Crippen LogP contribution < -0.4 is 16.4 Å². The average Bonchev–Trinajstić information content (AvgIpc) is 2.55. The number of carbonyl (C=O) groups is 2. The van der Waals surface area contributed by atoms with E-state index >= 15 is 0 Å². The minimum Gasteiger partial charge on any atom is -0.366 e. The van der Waals surface area contributed by atoms with Crippen molar-refractivity contribution in [2.45, 2.75) is 32.2 Å². The van der Waals surface area contributed by atoms with Gasteiger partial charge in [0.05, 0.1) is 0 Å². The molecule has 6 heteroatoms. The third-order valence-corrected chi connectivity index (χ3v) is 4.39. The number of nitrogens with zero attached hydrogens (tertiary/aromatic N) is 1. The summed E-state index contributed by atoms with van der Waals surface area (Å²) in [5.41, 5.74) is 7.41. The molecule has 0 atom stereocenters. The zero-order chi connectivity index (χ0) is 17.5. The lowest BCUT2D eigenvalue weighted by molar-refractivity contribution is -0.116. The number of nitrogens with one attached hydrogen (secondary N) is 2. The molecule has 132 valence electrons. The monoisotopic (exact) mass is 332 g/mol. The molecule has 24 heavy (non-hydrogen) atoms. The van der Waals surface area contributed by atoms with Crippen molar-refractivity contribution in [2.24, 2.45) is 11.7 Å². The Labute approximate surface area is 143 Å². The molecule has 2 rings (SSSR count). The number of anilines is 1. The van der Waals surface area contributed by atoms with E-state index in [4.69, 9.17) is 5.73 Å². The van der Waals surface area contributed by atoms with Gasteiger partial charge in [-0.25, -0.2) is 0 Å². The van der Waals surface area contributed by atoms with Crippen LogP contribution in [0, 0.1) is 5.92 Å². The number of amides is 2. The summed E-state index contributed by atoms with van der Waals surface area (Å²) < 4.78 is 0. The average molecular weight is 332 g/mol. The van der Waals surface area contributed by atoms with Crippen molar-refractivity contribution in [1.82, 2.24) is 10.2 Å². The lowest BCUT2D eigenvalue weighted by atomic mass is 9.93. The van der Waals surface area contributed by atoms with Crippen LogP contribution in [0.2, 0.25) is 0 Å². The molecule has 1 aromatic carbocycles. The lowest BCUT2D eigenvalue weighted by Crippen LogP contribution is -2.28. The number of hydrogen-bond donors (Lipinski definition) is 3. The maximum absolute atomic E-state index is 12.3. The molecular weight excluding hydrogens is 304 g/mol. The van der Waals surface area contributed by atoms with E-state index in [2.05, 4.69) is 10.6 Å². The van der Waals surface area contributed by atoms with Gasteiger partial charge in [-0.2, -0.15) is 0 Å². The highest BCUT2D eigenvalue weighted by atomic mass is 16.2. The molecule has 0 aliphatic carbocycles. The summed E-state index contributed by atoms with van der Waals surface area (Å²) >= 11 is 0. The zero-order valence-corrected chi connectivity index (χ0v) is 14.6. The second-order valence-corrected chi connectivity index (χ2v) is 6.75. The summed E-state index contributed by atoms with van der Waals surface area (Å²) in [6, 6.07) is 5.22. The summed E-state index contributed by atoms with van der Waals surface area (Å²) in [5.74, 6) is 0.127. The van der Waals surface area contributed by atoms with Crippen LogP contribution in [0.3, 0.4) is 0 Å². The molecule has 1 fully saturated rings. The summed E-state index contributed by atoms with van der Waals surface area (Å²) in [5, 5.41) is 6.30. The van der Waals surface area contributed by atoms with Crippen molar-refractivity contribution in [3.05, 3.63) is 29.3 Å². The van der Waals surface area contributed by atoms with Crippen molar-refractivity contribution < 1.29 is 9.59 Å². The minimum atomic E-state index is -0.489. The number of rotatable bonds is 7. The van der Waals surface area contributed by atoms with Gasteiger partial charge in [0.15, 0.2) is 0 Å². The van der Waals surface area contributed by atoms with Crippen molar-refractivity contribution in [3.63, 3.8) is 0 Å². The standard InChI is InChI=1S/C18H28N4O2/c1-22(2)12-15-5-4-14(18(19)24)11-16(15)21-17(23)6-3-13-7-9-20-10-8-13/h4-5,11,13,20H,3,6-10,12H2,1-2H3,(H2,19,24)(H,21,23). The van der Waals surface area contributed by atoms with Gasteiger partial charge in [0.2, 0.25) is 11.8 Å². The van der Waals surface area contributed by atoms with Crippen molar-refractivity contribution in [3.8, 4) is 0 Å². The van der Waals surface area contributed by atoms with Crippen molar-refractivity contribution in [2.75, 3.05) is 32.5 Å². The largest absolute Gasteiger partial charge is 0.366 e. The lowest BCUT2D eigenvalue weighted by Gasteiger charge is -2.22. The van der Waals surface area contributed by atoms with Crippen molar-refractivity contribution >= 4 is 17.5 Å². The van der Waals surface area contributed by atoms with E-state index < -0.39 is 5.91 Å².